The number of aromatic nitrogens is 3. The van der Waals surface area contributed by atoms with E-state index in [-0.39, 0.29) is 11.6 Å². The van der Waals surface area contributed by atoms with Crippen molar-refractivity contribution in [3.63, 3.8) is 0 Å². The maximum atomic E-state index is 11.5. The molecule has 7 nitrogen and oxygen atoms in total. The summed E-state index contributed by atoms with van der Waals surface area (Å²) in [5.41, 5.74) is 0.414. The van der Waals surface area contributed by atoms with Crippen LogP contribution in [0.3, 0.4) is 0 Å². The summed E-state index contributed by atoms with van der Waals surface area (Å²) >= 11 is 0. The summed E-state index contributed by atoms with van der Waals surface area (Å²) in [5, 5.41) is 24.6. The lowest BCUT2D eigenvalue weighted by Crippen LogP contribution is -2.18. The molecule has 0 aliphatic heterocycles. The zero-order chi connectivity index (χ0) is 19.7. The maximum Gasteiger partial charge on any atom is 0.357 e. The Labute approximate surface area is 159 Å². The molecule has 4 rings (SSSR count). The normalized spacial score (nSPS) is 12.9. The third-order valence-corrected chi connectivity index (χ3v) is 4.18. The fourth-order valence-electron chi connectivity index (χ4n) is 2.85. The summed E-state index contributed by atoms with van der Waals surface area (Å²) in [6, 6.07) is 14.3. The Balaban J connectivity index is 1.76. The third-order valence-electron chi connectivity index (χ3n) is 4.18. The van der Waals surface area contributed by atoms with E-state index < -0.39 is 11.6 Å². The molecule has 7 heteroatoms. The minimum absolute atomic E-state index is 0.0149. The van der Waals surface area contributed by atoms with Crippen LogP contribution < -0.4 is 0 Å². The predicted octanol–water partition coefficient (Wildman–Crippen LogP) is 2.97. The van der Waals surface area contributed by atoms with Gasteiger partial charge in [0.2, 0.25) is 5.89 Å². The first-order chi connectivity index (χ1) is 13.5. The summed E-state index contributed by atoms with van der Waals surface area (Å²) in [6.45, 7) is 1.50. The first-order valence-electron chi connectivity index (χ1n) is 8.43. The second-order valence-electron chi connectivity index (χ2n) is 6.29. The van der Waals surface area contributed by atoms with Crippen molar-refractivity contribution in [1.29, 1.82) is 0 Å². The van der Waals surface area contributed by atoms with E-state index in [0.717, 1.165) is 0 Å². The van der Waals surface area contributed by atoms with E-state index >= 15 is 0 Å². The summed E-state index contributed by atoms with van der Waals surface area (Å²) in [7, 11) is 0. The Hall–Kier alpha value is -3.89. The average molecular weight is 373 g/mol. The van der Waals surface area contributed by atoms with Crippen LogP contribution in [0.25, 0.3) is 16.6 Å². The Morgan fingerprint density at radius 3 is 2.79 bits per heavy atom. The molecule has 0 bridgehead atoms. The number of aromatic carboxylic acids is 1. The van der Waals surface area contributed by atoms with Crippen molar-refractivity contribution in [3.8, 4) is 17.5 Å². The lowest BCUT2D eigenvalue weighted by Gasteiger charge is -2.10. The molecule has 2 heterocycles. The number of hydrogen-bond acceptors (Lipinski definition) is 5. The minimum atomic E-state index is -1.53. The van der Waals surface area contributed by atoms with Gasteiger partial charge >= 0.3 is 5.97 Å². The molecule has 2 aromatic heterocycles. The minimum Gasteiger partial charge on any atom is -0.476 e. The number of hydrogen-bond donors (Lipinski definition) is 2. The first-order valence-corrected chi connectivity index (χ1v) is 8.43. The molecule has 0 fully saturated rings. The van der Waals surface area contributed by atoms with Gasteiger partial charge in [-0.2, -0.15) is 5.10 Å². The Bertz CT molecular complexity index is 1230. The molecule has 0 amide bonds. The van der Waals surface area contributed by atoms with Crippen molar-refractivity contribution < 1.29 is 19.4 Å². The van der Waals surface area contributed by atoms with Gasteiger partial charge in [-0.25, -0.2) is 14.5 Å². The topological polar surface area (TPSA) is 101 Å². The number of rotatable bonds is 3. The highest BCUT2D eigenvalue weighted by molar-refractivity contribution is 6.01. The summed E-state index contributed by atoms with van der Waals surface area (Å²) in [6.07, 6.45) is 2.81. The second-order valence-corrected chi connectivity index (χ2v) is 6.29. The van der Waals surface area contributed by atoms with E-state index in [1.807, 2.05) is 12.1 Å². The zero-order valence-corrected chi connectivity index (χ0v) is 14.8. The summed E-state index contributed by atoms with van der Waals surface area (Å²) < 4.78 is 6.69. The number of carboxylic acids is 1. The van der Waals surface area contributed by atoms with Crippen LogP contribution in [0.2, 0.25) is 0 Å². The highest BCUT2D eigenvalue weighted by Crippen LogP contribution is 2.23. The molecule has 4 aromatic rings. The van der Waals surface area contributed by atoms with Gasteiger partial charge in [0.1, 0.15) is 6.26 Å². The molecule has 0 radical (unpaired) electrons. The number of oxazole rings is 1. The molecule has 28 heavy (non-hydrogen) atoms. The first kappa shape index (κ1) is 17.5. The van der Waals surface area contributed by atoms with Gasteiger partial charge in [-0.1, -0.05) is 36.1 Å². The smallest absolute Gasteiger partial charge is 0.357 e. The number of fused-ring (bicyclic) bond motifs is 1. The van der Waals surface area contributed by atoms with Gasteiger partial charge in [-0.15, -0.1) is 0 Å². The van der Waals surface area contributed by atoms with E-state index in [1.165, 1.54) is 19.4 Å². The Morgan fingerprint density at radius 1 is 1.21 bits per heavy atom. The zero-order valence-electron chi connectivity index (χ0n) is 14.8. The highest BCUT2D eigenvalue weighted by atomic mass is 16.4. The molecule has 0 saturated heterocycles. The van der Waals surface area contributed by atoms with Crippen molar-refractivity contribution in [2.75, 3.05) is 0 Å². The quantitative estimate of drug-likeness (QED) is 0.536. The van der Waals surface area contributed by atoms with Gasteiger partial charge in [0.05, 0.1) is 17.4 Å². The molecule has 0 saturated carbocycles. The largest absolute Gasteiger partial charge is 0.476 e. The lowest BCUT2D eigenvalue weighted by atomic mass is 10.1. The molecule has 1 unspecified atom stereocenters. The molecule has 1 atom stereocenters. The highest BCUT2D eigenvalue weighted by Gasteiger charge is 2.25. The number of benzene rings is 2. The maximum absolute atomic E-state index is 11.5. The van der Waals surface area contributed by atoms with E-state index in [1.54, 1.807) is 41.1 Å². The third kappa shape index (κ3) is 3.13. The number of nitrogens with zero attached hydrogens (tertiary/aromatic N) is 3. The van der Waals surface area contributed by atoms with Crippen molar-refractivity contribution in [2.24, 2.45) is 0 Å². The number of aliphatic hydroxyl groups is 1. The van der Waals surface area contributed by atoms with Crippen molar-refractivity contribution in [2.45, 2.75) is 12.5 Å². The predicted molar refractivity (Wildman–Crippen MR) is 101 cm³/mol. The fourth-order valence-corrected chi connectivity index (χ4v) is 2.85. The summed E-state index contributed by atoms with van der Waals surface area (Å²) in [5.74, 6) is 4.67. The molecule has 0 aliphatic carbocycles. The van der Waals surface area contributed by atoms with Crippen LogP contribution in [-0.4, -0.2) is 30.9 Å². The Kier molecular flexibility index (Phi) is 4.18. The van der Waals surface area contributed by atoms with Crippen molar-refractivity contribution in [3.05, 3.63) is 78.1 Å². The van der Waals surface area contributed by atoms with Gasteiger partial charge in [0.15, 0.2) is 11.3 Å². The van der Waals surface area contributed by atoms with Crippen LogP contribution in [0.4, 0.5) is 0 Å². The molecular weight excluding hydrogens is 358 g/mol. The monoisotopic (exact) mass is 373 g/mol. The molecule has 2 N–H and O–H groups in total. The average Bonchev–Trinajstić information content (AvgIpc) is 3.35. The second kappa shape index (κ2) is 6.68. The number of para-hydroxylation sites is 1. The molecule has 138 valence electrons. The van der Waals surface area contributed by atoms with Crippen LogP contribution in [0.5, 0.6) is 0 Å². The van der Waals surface area contributed by atoms with Gasteiger partial charge < -0.3 is 14.6 Å². The number of carboxylic acid groups (broad SMARTS) is 1. The fraction of sp³-hybridized carbons (Fsp3) is 0.0952. The van der Waals surface area contributed by atoms with E-state index in [2.05, 4.69) is 21.9 Å². The molecule has 0 aliphatic rings. The van der Waals surface area contributed by atoms with Gasteiger partial charge in [-0.3, -0.25) is 0 Å². The molecule has 0 spiro atoms. The summed E-state index contributed by atoms with van der Waals surface area (Å²) in [4.78, 5) is 15.4. The lowest BCUT2D eigenvalue weighted by molar-refractivity contribution is 0.0692. The van der Waals surface area contributed by atoms with Crippen LogP contribution in [0, 0.1) is 11.8 Å². The Morgan fingerprint density at radius 2 is 2.04 bits per heavy atom. The van der Waals surface area contributed by atoms with Crippen molar-refractivity contribution >= 4 is 16.9 Å². The van der Waals surface area contributed by atoms with Gasteiger partial charge in [-0.05, 0) is 31.2 Å². The molecular formula is C21H15N3O4. The van der Waals surface area contributed by atoms with Gasteiger partial charge in [0, 0.05) is 10.9 Å². The van der Waals surface area contributed by atoms with Crippen LogP contribution in [-0.2, 0) is 5.60 Å². The van der Waals surface area contributed by atoms with Crippen LogP contribution in [0.1, 0.15) is 28.9 Å². The number of carbonyl (C=O) groups is 1. The van der Waals surface area contributed by atoms with Crippen LogP contribution in [0.15, 0.2) is 65.4 Å². The van der Waals surface area contributed by atoms with Gasteiger partial charge in [0.25, 0.3) is 0 Å². The van der Waals surface area contributed by atoms with Crippen molar-refractivity contribution in [1.82, 2.24) is 14.8 Å². The van der Waals surface area contributed by atoms with E-state index in [0.29, 0.717) is 22.2 Å². The van der Waals surface area contributed by atoms with E-state index in [4.69, 9.17) is 4.42 Å². The van der Waals surface area contributed by atoms with E-state index in [9.17, 15) is 15.0 Å². The standard InChI is InChI=1S/C21H15N3O4/c1-21(27,20-22-11-12-28-20)10-9-14-5-4-6-15(13-14)24-17-8-3-2-7-16(17)18(23-24)19(25)26/h2-8,11-13,27H,1H3,(H,25,26). The SMILES string of the molecule is CC(O)(C#Cc1cccc(-n2nc(C(=O)O)c3ccccc32)c1)c1ncco1. The van der Waals surface area contributed by atoms with Crippen LogP contribution >= 0.6 is 0 Å². The molecule has 2 aromatic carbocycles.